The van der Waals surface area contributed by atoms with E-state index in [2.05, 4.69) is 20.9 Å². The van der Waals surface area contributed by atoms with Gasteiger partial charge in [0.2, 0.25) is 0 Å². The molecule has 1 N–H and O–H groups in total. The first-order valence-electron chi connectivity index (χ1n) is 8.77. The third-order valence-corrected chi connectivity index (χ3v) is 5.59. The molecule has 0 unspecified atom stereocenters. The molecular weight excluding hydrogens is 372 g/mol. The minimum absolute atomic E-state index is 0.116. The SMILES string of the molecule is CNc1ccc2c(Sc3ccccc3[N+](=O)[O-])cn(Cc3ccccn3)c2c1. The number of nitro groups is 1. The van der Waals surface area contributed by atoms with E-state index in [9.17, 15) is 10.1 Å². The number of para-hydroxylation sites is 1. The number of nitro benzene ring substituents is 1. The quantitative estimate of drug-likeness (QED) is 0.362. The van der Waals surface area contributed by atoms with Gasteiger partial charge in [0.1, 0.15) is 0 Å². The molecule has 0 atom stereocenters. The number of anilines is 1. The van der Waals surface area contributed by atoms with Crippen molar-refractivity contribution in [2.24, 2.45) is 0 Å². The average molecular weight is 390 g/mol. The fourth-order valence-electron chi connectivity index (χ4n) is 3.10. The highest BCUT2D eigenvalue weighted by molar-refractivity contribution is 7.99. The number of nitrogens with zero attached hydrogens (tertiary/aromatic N) is 3. The van der Waals surface area contributed by atoms with E-state index in [0.29, 0.717) is 11.4 Å². The van der Waals surface area contributed by atoms with Crippen LogP contribution in [0.5, 0.6) is 0 Å². The summed E-state index contributed by atoms with van der Waals surface area (Å²) in [6.07, 6.45) is 3.82. The lowest BCUT2D eigenvalue weighted by Gasteiger charge is -2.06. The van der Waals surface area contributed by atoms with Crippen molar-refractivity contribution < 1.29 is 4.92 Å². The number of nitrogens with one attached hydrogen (secondary N) is 1. The molecule has 140 valence electrons. The standard InChI is InChI=1S/C21H18N4O2S/c1-22-15-9-10-17-19(12-15)24(13-16-6-4-5-11-23-16)14-21(17)28-20-8-3-2-7-18(20)25(26)27/h2-12,14,22H,13H2,1H3. The molecule has 6 nitrogen and oxygen atoms in total. The average Bonchev–Trinajstić information content (AvgIpc) is 3.05. The van der Waals surface area contributed by atoms with E-state index in [1.165, 1.54) is 17.8 Å². The lowest BCUT2D eigenvalue weighted by molar-refractivity contribution is -0.387. The van der Waals surface area contributed by atoms with Gasteiger partial charge in [-0.25, -0.2) is 0 Å². The molecular formula is C21H18N4O2S. The summed E-state index contributed by atoms with van der Waals surface area (Å²) in [4.78, 5) is 17.1. The summed E-state index contributed by atoms with van der Waals surface area (Å²) >= 11 is 1.41. The molecule has 4 aromatic rings. The largest absolute Gasteiger partial charge is 0.388 e. The first-order valence-corrected chi connectivity index (χ1v) is 9.59. The third-order valence-electron chi connectivity index (χ3n) is 4.47. The Morgan fingerprint density at radius 1 is 1.11 bits per heavy atom. The van der Waals surface area contributed by atoms with Gasteiger partial charge in [0, 0.05) is 41.5 Å². The van der Waals surface area contributed by atoms with E-state index >= 15 is 0 Å². The Morgan fingerprint density at radius 2 is 1.93 bits per heavy atom. The van der Waals surface area contributed by atoms with Gasteiger partial charge in [-0.15, -0.1) is 0 Å². The van der Waals surface area contributed by atoms with E-state index in [4.69, 9.17) is 0 Å². The Bertz CT molecular complexity index is 1140. The minimum atomic E-state index is -0.339. The van der Waals surface area contributed by atoms with E-state index in [0.717, 1.165) is 27.2 Å². The van der Waals surface area contributed by atoms with Gasteiger partial charge in [-0.3, -0.25) is 15.1 Å². The molecule has 0 fully saturated rings. The molecule has 0 bridgehead atoms. The smallest absolute Gasteiger partial charge is 0.283 e. The van der Waals surface area contributed by atoms with Crippen LogP contribution < -0.4 is 5.32 Å². The monoisotopic (exact) mass is 390 g/mol. The molecule has 7 heteroatoms. The van der Waals surface area contributed by atoms with Crippen LogP contribution in [0, 0.1) is 10.1 Å². The first-order chi connectivity index (χ1) is 13.7. The Labute approximate surface area is 166 Å². The molecule has 2 aromatic heterocycles. The van der Waals surface area contributed by atoms with Crippen LogP contribution >= 0.6 is 11.8 Å². The second-order valence-corrected chi connectivity index (χ2v) is 7.33. The molecule has 0 saturated heterocycles. The molecule has 4 rings (SSSR count). The predicted molar refractivity (Wildman–Crippen MR) is 112 cm³/mol. The molecule has 28 heavy (non-hydrogen) atoms. The summed E-state index contributed by atoms with van der Waals surface area (Å²) in [6.45, 7) is 0.627. The van der Waals surface area contributed by atoms with Crippen molar-refractivity contribution in [2.45, 2.75) is 16.3 Å². The summed E-state index contributed by atoms with van der Waals surface area (Å²) in [5, 5.41) is 15.6. The van der Waals surface area contributed by atoms with Crippen molar-refractivity contribution in [3.63, 3.8) is 0 Å². The Kier molecular flexibility index (Phi) is 4.99. The maximum Gasteiger partial charge on any atom is 0.283 e. The lowest BCUT2D eigenvalue weighted by Crippen LogP contribution is -2.00. The lowest BCUT2D eigenvalue weighted by atomic mass is 10.2. The van der Waals surface area contributed by atoms with Crippen molar-refractivity contribution in [3.05, 3.63) is 88.9 Å². The highest BCUT2D eigenvalue weighted by atomic mass is 32.2. The first kappa shape index (κ1) is 18.1. The molecule has 0 saturated carbocycles. The van der Waals surface area contributed by atoms with Crippen molar-refractivity contribution in [2.75, 3.05) is 12.4 Å². The van der Waals surface area contributed by atoms with Crippen LogP contribution in [0.1, 0.15) is 5.69 Å². The number of benzene rings is 2. The molecule has 2 aromatic carbocycles. The topological polar surface area (TPSA) is 73.0 Å². The van der Waals surface area contributed by atoms with Crippen LogP contribution in [0.3, 0.4) is 0 Å². The molecule has 0 aliphatic rings. The fraction of sp³-hybridized carbons (Fsp3) is 0.0952. The number of hydrogen-bond donors (Lipinski definition) is 1. The van der Waals surface area contributed by atoms with E-state index < -0.39 is 0 Å². The number of rotatable bonds is 6. The number of fused-ring (bicyclic) bond motifs is 1. The zero-order valence-electron chi connectivity index (χ0n) is 15.2. The Balaban J connectivity index is 1.80. The maximum absolute atomic E-state index is 11.4. The van der Waals surface area contributed by atoms with Crippen molar-refractivity contribution in [1.82, 2.24) is 9.55 Å². The fourth-order valence-corrected chi connectivity index (χ4v) is 4.20. The van der Waals surface area contributed by atoms with Crippen molar-refractivity contribution in [1.29, 1.82) is 0 Å². The van der Waals surface area contributed by atoms with Gasteiger partial charge in [0.25, 0.3) is 5.69 Å². The zero-order valence-corrected chi connectivity index (χ0v) is 16.0. The van der Waals surface area contributed by atoms with Gasteiger partial charge in [-0.05, 0) is 36.4 Å². The predicted octanol–water partition coefficient (Wildman–Crippen LogP) is 5.19. The highest BCUT2D eigenvalue weighted by Gasteiger charge is 2.17. The summed E-state index contributed by atoms with van der Waals surface area (Å²) in [7, 11) is 1.89. The van der Waals surface area contributed by atoms with Crippen LogP contribution in [0.4, 0.5) is 11.4 Å². The van der Waals surface area contributed by atoms with Gasteiger partial charge in [-0.2, -0.15) is 0 Å². The molecule has 0 amide bonds. The molecule has 0 aliphatic heterocycles. The van der Waals surface area contributed by atoms with E-state index in [1.54, 1.807) is 18.3 Å². The summed E-state index contributed by atoms with van der Waals surface area (Å²) < 4.78 is 2.13. The van der Waals surface area contributed by atoms with Crippen LogP contribution in [0.15, 0.2) is 82.8 Å². The molecule has 0 aliphatic carbocycles. The minimum Gasteiger partial charge on any atom is -0.388 e. The normalized spacial score (nSPS) is 10.9. The van der Waals surface area contributed by atoms with Crippen molar-refractivity contribution in [3.8, 4) is 0 Å². The van der Waals surface area contributed by atoms with E-state index in [-0.39, 0.29) is 10.6 Å². The molecule has 2 heterocycles. The van der Waals surface area contributed by atoms with Crippen LogP contribution in [0.25, 0.3) is 10.9 Å². The second-order valence-electron chi connectivity index (χ2n) is 6.25. The second kappa shape index (κ2) is 7.74. The Morgan fingerprint density at radius 3 is 2.68 bits per heavy atom. The van der Waals surface area contributed by atoms with E-state index in [1.807, 2.05) is 49.6 Å². The number of pyridine rings is 1. The highest BCUT2D eigenvalue weighted by Crippen LogP contribution is 2.39. The summed E-state index contributed by atoms with van der Waals surface area (Å²) in [6, 6.07) is 18.8. The maximum atomic E-state index is 11.4. The molecule has 0 radical (unpaired) electrons. The van der Waals surface area contributed by atoms with Crippen LogP contribution in [0.2, 0.25) is 0 Å². The number of hydrogen-bond acceptors (Lipinski definition) is 5. The van der Waals surface area contributed by atoms with Gasteiger partial charge in [0.15, 0.2) is 0 Å². The Hall–Kier alpha value is -3.32. The van der Waals surface area contributed by atoms with Gasteiger partial charge in [0.05, 0.1) is 27.6 Å². The third kappa shape index (κ3) is 3.57. The zero-order chi connectivity index (χ0) is 19.5. The summed E-state index contributed by atoms with van der Waals surface area (Å²) in [5.74, 6) is 0. The van der Waals surface area contributed by atoms with Crippen LogP contribution in [-0.2, 0) is 6.54 Å². The van der Waals surface area contributed by atoms with Gasteiger partial charge in [-0.1, -0.05) is 30.0 Å². The molecule has 0 spiro atoms. The summed E-state index contributed by atoms with van der Waals surface area (Å²) in [5.41, 5.74) is 3.13. The van der Waals surface area contributed by atoms with Gasteiger partial charge < -0.3 is 9.88 Å². The van der Waals surface area contributed by atoms with Crippen LogP contribution in [-0.4, -0.2) is 21.5 Å². The van der Waals surface area contributed by atoms with Gasteiger partial charge >= 0.3 is 0 Å². The number of aromatic nitrogens is 2. The van der Waals surface area contributed by atoms with Crippen molar-refractivity contribution >= 4 is 34.0 Å².